The fraction of sp³-hybridized carbons (Fsp3) is 0.478. The average Bonchev–Trinajstić information content (AvgIpc) is 2.95. The number of benzene rings is 1. The predicted octanol–water partition coefficient (Wildman–Crippen LogP) is 3.82. The molecule has 1 aromatic heterocycles. The van der Waals surface area contributed by atoms with Crippen LogP contribution in [0.3, 0.4) is 0 Å². The van der Waals surface area contributed by atoms with E-state index in [9.17, 15) is 26.8 Å². The van der Waals surface area contributed by atoms with E-state index >= 15 is 0 Å². The number of nitrogens with zero attached hydrogens (tertiary/aromatic N) is 3. The molecule has 0 saturated carbocycles. The predicted molar refractivity (Wildman–Crippen MR) is 120 cm³/mol. The highest BCUT2D eigenvalue weighted by molar-refractivity contribution is 7.91. The fourth-order valence-corrected chi connectivity index (χ4v) is 6.17. The van der Waals surface area contributed by atoms with Gasteiger partial charge in [0.05, 0.1) is 22.6 Å². The first-order valence-corrected chi connectivity index (χ1v) is 12.6. The average molecular weight is 494 g/mol. The summed E-state index contributed by atoms with van der Waals surface area (Å²) in [6, 6.07) is 7.27. The third-order valence-corrected chi connectivity index (χ3v) is 8.26. The number of hydrogen-bond acceptors (Lipinski definition) is 7. The summed E-state index contributed by atoms with van der Waals surface area (Å²) in [7, 11) is -3.06. The molecule has 11 heteroatoms. The van der Waals surface area contributed by atoms with E-state index in [0.29, 0.717) is 24.1 Å². The lowest BCUT2D eigenvalue weighted by molar-refractivity contribution is -0.121. The molecule has 182 valence electrons. The molecule has 1 aromatic carbocycles. The van der Waals surface area contributed by atoms with Crippen molar-refractivity contribution in [2.24, 2.45) is 5.41 Å². The Balaban J connectivity index is 1.63. The number of rotatable bonds is 6. The molecule has 0 aliphatic carbocycles. The molecular formula is C23H25F2N3O5S. The molecular weight excluding hydrogens is 468 g/mol. The number of alkyl halides is 2. The minimum absolute atomic E-state index is 0.0531. The van der Waals surface area contributed by atoms with Crippen LogP contribution >= 0.6 is 0 Å². The Morgan fingerprint density at radius 3 is 2.47 bits per heavy atom. The minimum Gasteiger partial charge on any atom is -0.435 e. The molecule has 0 atom stereocenters. The first kappa shape index (κ1) is 24.2. The van der Waals surface area contributed by atoms with E-state index in [1.165, 1.54) is 23.1 Å². The number of carbonyl (C=O) groups is 2. The second kappa shape index (κ2) is 8.37. The van der Waals surface area contributed by atoms with Gasteiger partial charge in [-0.1, -0.05) is 13.0 Å². The number of fused-ring (bicyclic) bond motifs is 1. The summed E-state index contributed by atoms with van der Waals surface area (Å²) in [6.07, 6.45) is 0.920. The fourth-order valence-electron chi connectivity index (χ4n) is 4.36. The second-order valence-electron chi connectivity index (χ2n) is 9.67. The van der Waals surface area contributed by atoms with Crippen molar-refractivity contribution in [3.8, 4) is 5.75 Å². The van der Waals surface area contributed by atoms with Crippen LogP contribution in [0.1, 0.15) is 56.1 Å². The van der Waals surface area contributed by atoms with Gasteiger partial charge < -0.3 is 4.74 Å². The van der Waals surface area contributed by atoms with E-state index in [1.807, 2.05) is 6.92 Å². The maximum absolute atomic E-state index is 13.3. The van der Waals surface area contributed by atoms with Gasteiger partial charge in [-0.3, -0.25) is 14.5 Å². The van der Waals surface area contributed by atoms with Crippen LogP contribution in [-0.4, -0.2) is 48.4 Å². The maximum atomic E-state index is 13.3. The molecule has 0 spiro atoms. The van der Waals surface area contributed by atoms with Crippen molar-refractivity contribution in [3.05, 3.63) is 41.6 Å². The summed E-state index contributed by atoms with van der Waals surface area (Å²) in [4.78, 5) is 27.6. The van der Waals surface area contributed by atoms with Crippen LogP contribution in [0.25, 0.3) is 0 Å². The monoisotopic (exact) mass is 493 g/mol. The van der Waals surface area contributed by atoms with E-state index in [2.05, 4.69) is 14.9 Å². The number of amides is 1. The van der Waals surface area contributed by atoms with E-state index in [-0.39, 0.29) is 46.9 Å². The van der Waals surface area contributed by atoms with Crippen LogP contribution in [0.4, 0.5) is 20.3 Å². The molecule has 0 N–H and O–H groups in total. The summed E-state index contributed by atoms with van der Waals surface area (Å²) in [5.74, 6) is -0.398. The Morgan fingerprint density at radius 2 is 1.82 bits per heavy atom. The van der Waals surface area contributed by atoms with Crippen LogP contribution in [0.5, 0.6) is 5.75 Å². The number of Topliss-reactive ketones (excluding diaryl/α,β-unsaturated/α-hetero) is 1. The van der Waals surface area contributed by atoms with Crippen LogP contribution in [0, 0.1) is 5.41 Å². The molecule has 1 fully saturated rings. The Labute approximate surface area is 196 Å². The van der Waals surface area contributed by atoms with E-state index < -0.39 is 27.3 Å². The largest absolute Gasteiger partial charge is 0.435 e. The lowest BCUT2D eigenvalue weighted by Gasteiger charge is -2.32. The molecule has 1 amide bonds. The van der Waals surface area contributed by atoms with Crippen molar-refractivity contribution < 1.29 is 31.5 Å². The van der Waals surface area contributed by atoms with Crippen LogP contribution in [-0.2, 0) is 20.0 Å². The van der Waals surface area contributed by atoms with Crippen LogP contribution < -0.4 is 9.64 Å². The molecule has 0 bridgehead atoms. The molecule has 2 aliphatic heterocycles. The standard InChI is InChI=1S/C23H25F2N3O5S/c1-22(2)16-12-17(18(29)13-23(3)7-9-34(31,32)10-8-23)26-27-19(16)28(20(22)30)14-5-4-6-15(11-14)33-21(24)25/h4-6,11-12,21H,7-10,13H2,1-3H3. The number of hydrogen-bond donors (Lipinski definition) is 0. The Bertz CT molecular complexity index is 1250. The zero-order valence-corrected chi connectivity index (χ0v) is 19.9. The first-order valence-electron chi connectivity index (χ1n) is 10.8. The normalized spacial score (nSPS) is 20.3. The van der Waals surface area contributed by atoms with Crippen molar-refractivity contribution in [1.29, 1.82) is 0 Å². The van der Waals surface area contributed by atoms with Gasteiger partial charge in [0.25, 0.3) is 0 Å². The lowest BCUT2D eigenvalue weighted by Crippen LogP contribution is -2.33. The number of carbonyl (C=O) groups excluding carboxylic acids is 2. The van der Waals surface area contributed by atoms with Crippen LogP contribution in [0.15, 0.2) is 30.3 Å². The van der Waals surface area contributed by atoms with Gasteiger partial charge in [-0.25, -0.2) is 8.42 Å². The zero-order chi connectivity index (χ0) is 24.9. The molecule has 2 aromatic rings. The molecule has 34 heavy (non-hydrogen) atoms. The summed E-state index contributed by atoms with van der Waals surface area (Å²) < 4.78 is 53.2. The Morgan fingerprint density at radius 1 is 1.15 bits per heavy atom. The second-order valence-corrected chi connectivity index (χ2v) is 12.0. The van der Waals surface area contributed by atoms with Gasteiger partial charge in [0, 0.05) is 18.1 Å². The highest BCUT2D eigenvalue weighted by Gasteiger charge is 2.47. The van der Waals surface area contributed by atoms with E-state index in [4.69, 9.17) is 0 Å². The molecule has 8 nitrogen and oxygen atoms in total. The number of anilines is 2. The smallest absolute Gasteiger partial charge is 0.387 e. The quantitative estimate of drug-likeness (QED) is 0.563. The Hall–Kier alpha value is -2.95. The van der Waals surface area contributed by atoms with Gasteiger partial charge in [0.1, 0.15) is 21.3 Å². The number of halogens is 2. The van der Waals surface area contributed by atoms with Crippen molar-refractivity contribution in [1.82, 2.24) is 10.2 Å². The van der Waals surface area contributed by atoms with Gasteiger partial charge in [-0.05, 0) is 50.3 Å². The van der Waals surface area contributed by atoms with Gasteiger partial charge in [-0.2, -0.15) is 8.78 Å². The minimum atomic E-state index is -3.06. The zero-order valence-electron chi connectivity index (χ0n) is 19.0. The number of aromatic nitrogens is 2. The van der Waals surface area contributed by atoms with Crippen molar-refractivity contribution in [3.63, 3.8) is 0 Å². The number of sulfone groups is 1. The van der Waals surface area contributed by atoms with Crippen molar-refractivity contribution in [2.75, 3.05) is 16.4 Å². The lowest BCUT2D eigenvalue weighted by atomic mass is 9.79. The Kier molecular flexibility index (Phi) is 5.95. The third-order valence-electron chi connectivity index (χ3n) is 6.60. The highest BCUT2D eigenvalue weighted by Crippen LogP contribution is 2.45. The van der Waals surface area contributed by atoms with E-state index in [0.717, 1.165) is 0 Å². The van der Waals surface area contributed by atoms with Gasteiger partial charge in [0.2, 0.25) is 5.91 Å². The maximum Gasteiger partial charge on any atom is 0.387 e. The van der Waals surface area contributed by atoms with Gasteiger partial charge >= 0.3 is 6.61 Å². The third kappa shape index (κ3) is 4.53. The van der Waals surface area contributed by atoms with Crippen molar-refractivity contribution in [2.45, 2.75) is 52.1 Å². The highest BCUT2D eigenvalue weighted by atomic mass is 32.2. The molecule has 2 aliphatic rings. The summed E-state index contributed by atoms with van der Waals surface area (Å²) in [5, 5.41) is 8.22. The number of ketones is 1. The summed E-state index contributed by atoms with van der Waals surface area (Å²) >= 11 is 0. The van der Waals surface area contributed by atoms with E-state index in [1.54, 1.807) is 26.0 Å². The molecule has 3 heterocycles. The topological polar surface area (TPSA) is 107 Å². The first-order chi connectivity index (χ1) is 15.8. The molecule has 1 saturated heterocycles. The molecule has 0 unspecified atom stereocenters. The number of ether oxygens (including phenoxy) is 1. The van der Waals surface area contributed by atoms with Crippen LogP contribution in [0.2, 0.25) is 0 Å². The van der Waals surface area contributed by atoms with Gasteiger partial charge in [0.15, 0.2) is 11.6 Å². The molecule has 0 radical (unpaired) electrons. The summed E-state index contributed by atoms with van der Waals surface area (Å²) in [5.41, 5.74) is -0.605. The van der Waals surface area contributed by atoms with Gasteiger partial charge in [-0.15, -0.1) is 10.2 Å². The SMILES string of the molecule is CC1(CC(=O)c2cc3c(nn2)N(c2cccc(OC(F)F)c2)C(=O)C3(C)C)CCS(=O)(=O)CC1. The van der Waals surface area contributed by atoms with Crippen molar-refractivity contribution >= 4 is 33.0 Å². The summed E-state index contributed by atoms with van der Waals surface area (Å²) in [6.45, 7) is 2.27. The molecule has 4 rings (SSSR count).